The van der Waals surface area contributed by atoms with E-state index in [4.69, 9.17) is 0 Å². The van der Waals surface area contributed by atoms with Crippen molar-refractivity contribution >= 4 is 17.4 Å². The molecule has 1 aromatic rings. The van der Waals surface area contributed by atoms with Gasteiger partial charge in [0.25, 0.3) is 0 Å². The van der Waals surface area contributed by atoms with E-state index in [1.165, 1.54) is 49.1 Å². The van der Waals surface area contributed by atoms with Gasteiger partial charge in [0.15, 0.2) is 0 Å². The average molecular weight is 261 g/mol. The van der Waals surface area contributed by atoms with Gasteiger partial charge in [-0.2, -0.15) is 0 Å². The molecule has 1 nitrogen and oxygen atoms in total. The molecule has 1 unspecified atom stereocenters. The van der Waals surface area contributed by atoms with Gasteiger partial charge in [-0.05, 0) is 62.8 Å². The van der Waals surface area contributed by atoms with E-state index in [2.05, 4.69) is 48.3 Å². The highest BCUT2D eigenvalue weighted by molar-refractivity contribution is 8.00. The Morgan fingerprint density at radius 2 is 1.72 bits per heavy atom. The van der Waals surface area contributed by atoms with Crippen molar-refractivity contribution in [2.45, 2.75) is 61.6 Å². The highest BCUT2D eigenvalue weighted by Crippen LogP contribution is 2.36. The van der Waals surface area contributed by atoms with Crippen molar-refractivity contribution in [3.63, 3.8) is 0 Å². The van der Waals surface area contributed by atoms with Gasteiger partial charge in [-0.1, -0.05) is 12.8 Å². The van der Waals surface area contributed by atoms with Crippen molar-refractivity contribution in [1.82, 2.24) is 0 Å². The summed E-state index contributed by atoms with van der Waals surface area (Å²) in [4.78, 5) is 1.44. The fourth-order valence-electron chi connectivity index (χ4n) is 2.81. The molecule has 0 saturated heterocycles. The Morgan fingerprint density at radius 3 is 2.33 bits per heavy atom. The van der Waals surface area contributed by atoms with Crippen molar-refractivity contribution in [3.05, 3.63) is 24.3 Å². The van der Waals surface area contributed by atoms with Gasteiger partial charge in [-0.3, -0.25) is 0 Å². The second-order valence-corrected chi connectivity index (χ2v) is 7.19. The molecular weight excluding hydrogens is 238 g/mol. The normalized spacial score (nSPS) is 22.1. The van der Waals surface area contributed by atoms with Gasteiger partial charge in [0.2, 0.25) is 0 Å². The first-order valence-corrected chi connectivity index (χ1v) is 8.22. The third-order valence-corrected chi connectivity index (χ3v) is 5.53. The first-order valence-electron chi connectivity index (χ1n) is 7.34. The van der Waals surface area contributed by atoms with Crippen LogP contribution in [0.3, 0.4) is 0 Å². The lowest BCUT2D eigenvalue weighted by atomic mass is 10.2. The Balaban J connectivity index is 1.54. The Labute approximate surface area is 115 Å². The minimum atomic E-state index is 0.637. The van der Waals surface area contributed by atoms with Crippen LogP contribution in [0.4, 0.5) is 5.69 Å². The molecule has 0 radical (unpaired) electrons. The highest BCUT2D eigenvalue weighted by Gasteiger charge is 2.27. The van der Waals surface area contributed by atoms with Gasteiger partial charge in [-0.15, -0.1) is 11.8 Å². The molecule has 0 aliphatic heterocycles. The summed E-state index contributed by atoms with van der Waals surface area (Å²) >= 11 is 2.07. The molecule has 2 fully saturated rings. The quantitative estimate of drug-likeness (QED) is 0.806. The zero-order chi connectivity index (χ0) is 12.4. The van der Waals surface area contributed by atoms with E-state index >= 15 is 0 Å². The molecule has 0 spiro atoms. The lowest BCUT2D eigenvalue weighted by Crippen LogP contribution is -2.16. The van der Waals surface area contributed by atoms with Gasteiger partial charge in [0.05, 0.1) is 0 Å². The van der Waals surface area contributed by atoms with Crippen molar-refractivity contribution < 1.29 is 0 Å². The molecule has 2 aliphatic carbocycles. The van der Waals surface area contributed by atoms with E-state index in [0.29, 0.717) is 6.04 Å². The molecule has 2 saturated carbocycles. The highest BCUT2D eigenvalue weighted by atomic mass is 32.2. The van der Waals surface area contributed by atoms with Crippen molar-refractivity contribution in [3.8, 4) is 0 Å². The third kappa shape index (κ3) is 3.23. The van der Waals surface area contributed by atoms with Crippen molar-refractivity contribution in [1.29, 1.82) is 0 Å². The van der Waals surface area contributed by atoms with Crippen LogP contribution in [-0.4, -0.2) is 11.3 Å². The molecule has 0 heterocycles. The number of hydrogen-bond donors (Lipinski definition) is 1. The molecule has 18 heavy (non-hydrogen) atoms. The molecule has 2 heteroatoms. The van der Waals surface area contributed by atoms with Crippen molar-refractivity contribution in [2.75, 3.05) is 5.32 Å². The van der Waals surface area contributed by atoms with Crippen LogP contribution in [0.15, 0.2) is 29.2 Å². The number of nitrogens with one attached hydrogen (secondary N) is 1. The van der Waals surface area contributed by atoms with Crippen LogP contribution in [0.5, 0.6) is 0 Å². The summed E-state index contributed by atoms with van der Waals surface area (Å²) in [5.41, 5.74) is 1.28. The number of anilines is 1. The first-order chi connectivity index (χ1) is 8.81. The molecule has 1 N–H and O–H groups in total. The van der Waals surface area contributed by atoms with Gasteiger partial charge < -0.3 is 5.32 Å². The molecule has 2 aliphatic rings. The minimum Gasteiger partial charge on any atom is -0.382 e. The van der Waals surface area contributed by atoms with E-state index in [1.807, 2.05) is 0 Å². The van der Waals surface area contributed by atoms with Crippen LogP contribution in [0.2, 0.25) is 0 Å². The van der Waals surface area contributed by atoms with E-state index in [9.17, 15) is 0 Å². The van der Waals surface area contributed by atoms with Crippen LogP contribution < -0.4 is 5.32 Å². The molecule has 0 aromatic heterocycles. The van der Waals surface area contributed by atoms with Crippen LogP contribution in [0.25, 0.3) is 0 Å². The van der Waals surface area contributed by atoms with Gasteiger partial charge >= 0.3 is 0 Å². The Bertz CT molecular complexity index is 354. The summed E-state index contributed by atoms with van der Waals surface area (Å²) in [5.74, 6) is 0.914. The second-order valence-electron chi connectivity index (χ2n) is 5.82. The molecule has 0 amide bonds. The third-order valence-electron chi connectivity index (χ3n) is 4.18. The minimum absolute atomic E-state index is 0.637. The predicted molar refractivity (Wildman–Crippen MR) is 80.4 cm³/mol. The summed E-state index contributed by atoms with van der Waals surface area (Å²) in [7, 11) is 0. The topological polar surface area (TPSA) is 12.0 Å². The fraction of sp³-hybridized carbons (Fsp3) is 0.625. The van der Waals surface area contributed by atoms with E-state index < -0.39 is 0 Å². The maximum absolute atomic E-state index is 3.62. The summed E-state index contributed by atoms with van der Waals surface area (Å²) in [6.45, 7) is 2.30. The lowest BCUT2D eigenvalue weighted by molar-refractivity contribution is 0.694. The zero-order valence-electron chi connectivity index (χ0n) is 11.2. The smallest absolute Gasteiger partial charge is 0.0343 e. The summed E-state index contributed by atoms with van der Waals surface area (Å²) in [6, 6.07) is 9.70. The van der Waals surface area contributed by atoms with Crippen molar-refractivity contribution in [2.24, 2.45) is 5.92 Å². The van der Waals surface area contributed by atoms with Crippen LogP contribution in [-0.2, 0) is 0 Å². The number of hydrogen-bond acceptors (Lipinski definition) is 2. The summed E-state index contributed by atoms with van der Waals surface area (Å²) in [6.07, 6.45) is 8.48. The molecule has 3 rings (SSSR count). The summed E-state index contributed by atoms with van der Waals surface area (Å²) in [5, 5.41) is 4.49. The molecular formula is C16H23NS. The monoisotopic (exact) mass is 261 g/mol. The zero-order valence-corrected chi connectivity index (χ0v) is 12.0. The SMILES string of the molecule is CC(Nc1ccc(SC2CCCC2)cc1)C1CC1. The molecule has 0 bridgehead atoms. The largest absolute Gasteiger partial charge is 0.382 e. The van der Waals surface area contributed by atoms with Crippen LogP contribution in [0, 0.1) is 5.92 Å². The Hall–Kier alpha value is -0.630. The maximum Gasteiger partial charge on any atom is 0.0343 e. The average Bonchev–Trinajstić information content (AvgIpc) is 3.11. The molecule has 98 valence electrons. The van der Waals surface area contributed by atoms with Gasteiger partial charge in [0, 0.05) is 21.9 Å². The number of rotatable bonds is 5. The lowest BCUT2D eigenvalue weighted by Gasteiger charge is -2.15. The number of thioether (sulfide) groups is 1. The maximum atomic E-state index is 3.62. The second kappa shape index (κ2) is 5.56. The van der Waals surface area contributed by atoms with Gasteiger partial charge in [-0.25, -0.2) is 0 Å². The Kier molecular flexibility index (Phi) is 3.83. The first kappa shape index (κ1) is 12.4. The fourth-order valence-corrected chi connectivity index (χ4v) is 4.05. The number of benzene rings is 1. The van der Waals surface area contributed by atoms with Crippen LogP contribution in [0.1, 0.15) is 45.4 Å². The van der Waals surface area contributed by atoms with E-state index in [0.717, 1.165) is 11.2 Å². The van der Waals surface area contributed by atoms with Gasteiger partial charge in [0.1, 0.15) is 0 Å². The molecule has 1 aromatic carbocycles. The molecule has 1 atom stereocenters. The van der Waals surface area contributed by atoms with Crippen LogP contribution >= 0.6 is 11.8 Å². The Morgan fingerprint density at radius 1 is 1.06 bits per heavy atom. The van der Waals surface area contributed by atoms with E-state index in [-0.39, 0.29) is 0 Å². The summed E-state index contributed by atoms with van der Waals surface area (Å²) < 4.78 is 0. The van der Waals surface area contributed by atoms with E-state index in [1.54, 1.807) is 0 Å². The standard InChI is InChI=1S/C16H23NS/c1-12(13-6-7-13)17-14-8-10-16(11-9-14)18-15-4-2-3-5-15/h8-13,15,17H,2-7H2,1H3. The predicted octanol–water partition coefficient (Wildman–Crippen LogP) is 4.93.